The van der Waals surface area contributed by atoms with Crippen LogP contribution in [0.5, 0.6) is 0 Å². The van der Waals surface area contributed by atoms with Crippen LogP contribution in [0.15, 0.2) is 48.5 Å². The van der Waals surface area contributed by atoms with Gasteiger partial charge in [-0.05, 0) is 46.9 Å². The smallest absolute Gasteiger partial charge is 0.205 e. The number of fused-ring (bicyclic) bond motifs is 1. The fourth-order valence-electron chi connectivity index (χ4n) is 2.88. The van der Waals surface area contributed by atoms with E-state index in [1.54, 1.807) is 11.3 Å². The molecule has 0 saturated heterocycles. The molecule has 2 aromatic carbocycles. The second kappa shape index (κ2) is 5.52. The van der Waals surface area contributed by atoms with Gasteiger partial charge in [-0.25, -0.2) is 0 Å². The zero-order valence-corrected chi connectivity index (χ0v) is 13.5. The number of allylic oxidation sites excluding steroid dienone is 1. The molecule has 5 heteroatoms. The van der Waals surface area contributed by atoms with Gasteiger partial charge in [0.1, 0.15) is 5.01 Å². The van der Waals surface area contributed by atoms with Crippen molar-refractivity contribution in [3.05, 3.63) is 65.2 Å². The van der Waals surface area contributed by atoms with E-state index in [9.17, 15) is 0 Å². The molecule has 0 fully saturated rings. The van der Waals surface area contributed by atoms with E-state index in [-0.39, 0.29) is 0 Å². The van der Waals surface area contributed by atoms with Crippen LogP contribution in [0.4, 0.5) is 10.8 Å². The number of hydrogen-bond acceptors (Lipinski definition) is 5. The summed E-state index contributed by atoms with van der Waals surface area (Å²) in [6.45, 7) is 0. The predicted octanol–water partition coefficient (Wildman–Crippen LogP) is 3.82. The first-order chi connectivity index (χ1) is 11.2. The van der Waals surface area contributed by atoms with E-state index in [2.05, 4.69) is 45.9 Å². The molecule has 0 amide bonds. The highest BCUT2D eigenvalue weighted by atomic mass is 32.1. The topological polar surface area (TPSA) is 63.8 Å². The summed E-state index contributed by atoms with van der Waals surface area (Å²) >= 11 is 1.56. The summed E-state index contributed by atoms with van der Waals surface area (Å²) in [5.74, 6) is 0. The van der Waals surface area contributed by atoms with E-state index in [1.165, 1.54) is 16.7 Å². The van der Waals surface area contributed by atoms with Crippen molar-refractivity contribution in [2.75, 3.05) is 18.1 Å². The van der Waals surface area contributed by atoms with Gasteiger partial charge in [-0.2, -0.15) is 0 Å². The average Bonchev–Trinajstić information content (AvgIpc) is 3.21. The first-order valence-corrected chi connectivity index (χ1v) is 8.27. The number of aromatic nitrogens is 2. The number of anilines is 2. The molecular formula is C18H16N4S. The molecule has 4 rings (SSSR count). The van der Waals surface area contributed by atoms with E-state index in [1.807, 2.05) is 25.2 Å². The summed E-state index contributed by atoms with van der Waals surface area (Å²) in [4.78, 5) is 0. The number of benzene rings is 2. The lowest BCUT2D eigenvalue weighted by atomic mass is 9.97. The first kappa shape index (κ1) is 14.0. The van der Waals surface area contributed by atoms with Crippen molar-refractivity contribution in [3.8, 4) is 10.6 Å². The number of nitrogens with zero attached hydrogens (tertiary/aromatic N) is 2. The normalized spacial score (nSPS) is 12.8. The Hall–Kier alpha value is -2.66. The van der Waals surface area contributed by atoms with Gasteiger partial charge in [0.25, 0.3) is 0 Å². The summed E-state index contributed by atoms with van der Waals surface area (Å²) < 4.78 is 0. The van der Waals surface area contributed by atoms with Gasteiger partial charge in [-0.3, -0.25) is 0 Å². The molecule has 4 nitrogen and oxygen atoms in total. The maximum absolute atomic E-state index is 5.93. The molecule has 0 atom stereocenters. The molecule has 0 saturated carbocycles. The second-order valence-corrected chi connectivity index (χ2v) is 6.46. The number of rotatable bonds is 3. The zero-order valence-electron chi connectivity index (χ0n) is 12.7. The predicted molar refractivity (Wildman–Crippen MR) is 96.5 cm³/mol. The summed E-state index contributed by atoms with van der Waals surface area (Å²) in [5, 5.41) is 13.2. The monoisotopic (exact) mass is 320 g/mol. The van der Waals surface area contributed by atoms with Crippen molar-refractivity contribution in [1.82, 2.24) is 10.2 Å². The van der Waals surface area contributed by atoms with Gasteiger partial charge in [-0.15, -0.1) is 10.2 Å². The van der Waals surface area contributed by atoms with Gasteiger partial charge >= 0.3 is 0 Å². The highest BCUT2D eigenvalue weighted by molar-refractivity contribution is 7.18. The zero-order chi connectivity index (χ0) is 15.8. The van der Waals surface area contributed by atoms with Crippen LogP contribution in [-0.2, 0) is 6.42 Å². The van der Waals surface area contributed by atoms with Crippen LogP contribution in [-0.4, -0.2) is 17.2 Å². The molecule has 23 heavy (non-hydrogen) atoms. The van der Waals surface area contributed by atoms with Gasteiger partial charge in [0.05, 0.1) is 0 Å². The van der Waals surface area contributed by atoms with E-state index in [4.69, 9.17) is 5.73 Å². The van der Waals surface area contributed by atoms with Crippen LogP contribution in [0.1, 0.15) is 16.7 Å². The van der Waals surface area contributed by atoms with Crippen LogP contribution in [0, 0.1) is 0 Å². The third-order valence-corrected chi connectivity index (χ3v) is 5.00. The number of nitrogen functional groups attached to an aromatic ring is 1. The summed E-state index contributed by atoms with van der Waals surface area (Å²) in [6, 6.07) is 14.5. The van der Waals surface area contributed by atoms with Gasteiger partial charge in [0.2, 0.25) is 5.13 Å². The molecule has 0 radical (unpaired) electrons. The highest BCUT2D eigenvalue weighted by Gasteiger charge is 2.17. The Morgan fingerprint density at radius 2 is 2.00 bits per heavy atom. The lowest BCUT2D eigenvalue weighted by Crippen LogP contribution is -1.91. The van der Waals surface area contributed by atoms with Crippen LogP contribution < -0.4 is 11.1 Å². The minimum absolute atomic E-state index is 0.788. The third kappa shape index (κ3) is 2.49. The maximum Gasteiger partial charge on any atom is 0.205 e. The highest BCUT2D eigenvalue weighted by Crippen LogP contribution is 2.37. The molecule has 1 heterocycles. The minimum atomic E-state index is 0.788. The SMILES string of the molecule is CNc1nnc(-c2ccc3c(c2)C(c2cccc(N)c2)=CC3)s1. The molecule has 0 aliphatic heterocycles. The fraction of sp³-hybridized carbons (Fsp3) is 0.111. The third-order valence-electron chi connectivity index (χ3n) is 4.01. The van der Waals surface area contributed by atoms with Crippen molar-refractivity contribution in [3.63, 3.8) is 0 Å². The Labute approximate surface area is 138 Å². The van der Waals surface area contributed by atoms with Crippen LogP contribution >= 0.6 is 11.3 Å². The molecular weight excluding hydrogens is 304 g/mol. The van der Waals surface area contributed by atoms with Crippen LogP contribution in [0.25, 0.3) is 16.1 Å². The standard InChI is InChI=1S/C18H16N4S/c1-20-18-22-21-17(23-18)13-6-5-11-7-8-15(16(11)10-13)12-3-2-4-14(19)9-12/h2-6,8-10H,7,19H2,1H3,(H,20,22). The molecule has 0 bridgehead atoms. The molecule has 114 valence electrons. The summed E-state index contributed by atoms with van der Waals surface area (Å²) in [7, 11) is 1.85. The van der Waals surface area contributed by atoms with Crippen molar-refractivity contribution < 1.29 is 0 Å². The minimum Gasteiger partial charge on any atom is -0.399 e. The van der Waals surface area contributed by atoms with Gasteiger partial charge in [0, 0.05) is 18.3 Å². The fourth-order valence-corrected chi connectivity index (χ4v) is 3.57. The summed E-state index contributed by atoms with van der Waals surface area (Å²) in [5.41, 5.74) is 12.8. The Balaban J connectivity index is 1.76. The summed E-state index contributed by atoms with van der Waals surface area (Å²) in [6.07, 6.45) is 3.22. The molecule has 3 N–H and O–H groups in total. The van der Waals surface area contributed by atoms with Gasteiger partial charge in [0.15, 0.2) is 0 Å². The van der Waals surface area contributed by atoms with Crippen molar-refractivity contribution in [1.29, 1.82) is 0 Å². The molecule has 1 aliphatic rings. The Bertz CT molecular complexity index is 911. The molecule has 1 aromatic heterocycles. The van der Waals surface area contributed by atoms with Crippen molar-refractivity contribution in [2.24, 2.45) is 0 Å². The van der Waals surface area contributed by atoms with E-state index >= 15 is 0 Å². The number of nitrogens with two attached hydrogens (primary N) is 1. The van der Waals surface area contributed by atoms with E-state index < -0.39 is 0 Å². The quantitative estimate of drug-likeness (QED) is 0.720. The largest absolute Gasteiger partial charge is 0.399 e. The molecule has 1 aliphatic carbocycles. The number of hydrogen-bond donors (Lipinski definition) is 2. The Kier molecular flexibility index (Phi) is 3.35. The average molecular weight is 320 g/mol. The van der Waals surface area contributed by atoms with Crippen LogP contribution in [0.2, 0.25) is 0 Å². The molecule has 0 spiro atoms. The van der Waals surface area contributed by atoms with E-state index in [0.717, 1.165) is 33.4 Å². The maximum atomic E-state index is 5.93. The lowest BCUT2D eigenvalue weighted by Gasteiger charge is -2.08. The van der Waals surface area contributed by atoms with Crippen molar-refractivity contribution >= 4 is 27.7 Å². The van der Waals surface area contributed by atoms with Crippen LogP contribution in [0.3, 0.4) is 0 Å². The Morgan fingerprint density at radius 1 is 1.09 bits per heavy atom. The van der Waals surface area contributed by atoms with Gasteiger partial charge < -0.3 is 11.1 Å². The van der Waals surface area contributed by atoms with Crippen molar-refractivity contribution in [2.45, 2.75) is 6.42 Å². The lowest BCUT2D eigenvalue weighted by molar-refractivity contribution is 1.09. The van der Waals surface area contributed by atoms with E-state index in [0.29, 0.717) is 0 Å². The Morgan fingerprint density at radius 3 is 2.78 bits per heavy atom. The molecule has 3 aromatic rings. The van der Waals surface area contributed by atoms with Gasteiger partial charge in [-0.1, -0.05) is 41.7 Å². The molecule has 0 unspecified atom stereocenters. The number of nitrogens with one attached hydrogen (secondary N) is 1. The second-order valence-electron chi connectivity index (χ2n) is 5.48. The first-order valence-electron chi connectivity index (χ1n) is 7.45.